The van der Waals surface area contributed by atoms with Crippen molar-refractivity contribution in [3.8, 4) is 5.75 Å². The number of amides is 1. The highest BCUT2D eigenvalue weighted by molar-refractivity contribution is 7.89. The number of carbonyl (C=O) groups is 1. The van der Waals surface area contributed by atoms with Gasteiger partial charge in [-0.05, 0) is 49.2 Å². The number of hydroxylamine groups is 1. The number of nitrogens with one attached hydrogen (secondary N) is 1. The molecule has 1 amide bonds. The molecule has 2 aliphatic rings. The van der Waals surface area contributed by atoms with E-state index in [1.54, 1.807) is 17.6 Å². The van der Waals surface area contributed by atoms with Gasteiger partial charge >= 0.3 is 6.18 Å². The SMILES string of the molecule is O=C(NO)c1c(N2CCOCC2)cccc1S(=O)(=O)N1CCC(Oc2ccc(C(F)(F)F)cc2)CC1. The van der Waals surface area contributed by atoms with E-state index in [1.165, 1.54) is 22.5 Å². The Morgan fingerprint density at radius 1 is 1.03 bits per heavy atom. The number of anilines is 1. The van der Waals surface area contributed by atoms with Crippen LogP contribution in [-0.2, 0) is 20.9 Å². The van der Waals surface area contributed by atoms with Gasteiger partial charge in [0.2, 0.25) is 10.0 Å². The van der Waals surface area contributed by atoms with Crippen LogP contribution < -0.4 is 15.1 Å². The molecule has 4 rings (SSSR count). The molecule has 0 aromatic heterocycles. The van der Waals surface area contributed by atoms with Crippen molar-refractivity contribution in [1.82, 2.24) is 9.79 Å². The van der Waals surface area contributed by atoms with Crippen LogP contribution >= 0.6 is 0 Å². The zero-order valence-corrected chi connectivity index (χ0v) is 20.0. The third kappa shape index (κ3) is 5.59. The topological polar surface area (TPSA) is 108 Å². The fourth-order valence-corrected chi connectivity index (χ4v) is 6.01. The zero-order valence-electron chi connectivity index (χ0n) is 19.2. The third-order valence-corrected chi connectivity index (χ3v) is 8.13. The summed E-state index contributed by atoms with van der Waals surface area (Å²) in [5.74, 6) is -0.666. The molecule has 0 aliphatic carbocycles. The molecule has 0 spiro atoms. The maximum Gasteiger partial charge on any atom is 0.416 e. The van der Waals surface area contributed by atoms with E-state index in [4.69, 9.17) is 9.47 Å². The molecule has 2 fully saturated rings. The Hall–Kier alpha value is -2.87. The van der Waals surface area contributed by atoms with Gasteiger partial charge in [-0.25, -0.2) is 13.9 Å². The van der Waals surface area contributed by atoms with Crippen LogP contribution in [0.1, 0.15) is 28.8 Å². The van der Waals surface area contributed by atoms with Gasteiger partial charge in [-0.15, -0.1) is 0 Å². The lowest BCUT2D eigenvalue weighted by Crippen LogP contribution is -2.43. The average Bonchev–Trinajstić information content (AvgIpc) is 2.88. The van der Waals surface area contributed by atoms with Gasteiger partial charge in [0.25, 0.3) is 5.91 Å². The highest BCUT2D eigenvalue weighted by Crippen LogP contribution is 2.33. The number of hydrogen-bond donors (Lipinski definition) is 2. The molecule has 2 aromatic rings. The minimum absolute atomic E-state index is 0.0929. The monoisotopic (exact) mass is 529 g/mol. The standard InChI is InChI=1S/C23H26F3N3O6S/c24-23(25,26)16-4-6-17(7-5-16)35-18-8-10-29(11-9-18)36(32,33)20-3-1-2-19(21(20)22(30)27-31)28-12-14-34-15-13-28/h1-7,18,31H,8-15H2,(H,27,30). The molecule has 13 heteroatoms. The van der Waals surface area contributed by atoms with Crippen LogP contribution in [0.5, 0.6) is 5.75 Å². The summed E-state index contributed by atoms with van der Waals surface area (Å²) in [5, 5.41) is 9.32. The highest BCUT2D eigenvalue weighted by atomic mass is 32.2. The number of alkyl halides is 3. The lowest BCUT2D eigenvalue weighted by atomic mass is 10.1. The molecule has 9 nitrogen and oxygen atoms in total. The first-order chi connectivity index (χ1) is 17.1. The van der Waals surface area contributed by atoms with E-state index < -0.39 is 27.7 Å². The van der Waals surface area contributed by atoms with Crippen molar-refractivity contribution < 1.29 is 41.1 Å². The Bertz CT molecular complexity index is 1180. The second-order valence-electron chi connectivity index (χ2n) is 8.43. The number of morpholine rings is 1. The molecule has 0 saturated carbocycles. The second-order valence-corrected chi connectivity index (χ2v) is 10.3. The van der Waals surface area contributed by atoms with Crippen molar-refractivity contribution in [2.45, 2.75) is 30.0 Å². The summed E-state index contributed by atoms with van der Waals surface area (Å²) in [6.07, 6.45) is -4.20. The Balaban J connectivity index is 1.49. The number of benzene rings is 2. The van der Waals surface area contributed by atoms with Crippen molar-refractivity contribution in [2.75, 3.05) is 44.3 Å². The number of hydrogen-bond acceptors (Lipinski definition) is 7. The predicted molar refractivity (Wildman–Crippen MR) is 123 cm³/mol. The summed E-state index contributed by atoms with van der Waals surface area (Å²) in [6, 6.07) is 8.85. The molecule has 2 heterocycles. The predicted octanol–water partition coefficient (Wildman–Crippen LogP) is 2.89. The Labute approximate surface area is 206 Å². The smallest absolute Gasteiger partial charge is 0.416 e. The van der Waals surface area contributed by atoms with Crippen molar-refractivity contribution >= 4 is 21.6 Å². The Morgan fingerprint density at radius 2 is 1.67 bits per heavy atom. The van der Waals surface area contributed by atoms with E-state index in [0.29, 0.717) is 44.8 Å². The van der Waals surface area contributed by atoms with Crippen LogP contribution in [0.3, 0.4) is 0 Å². The van der Waals surface area contributed by atoms with E-state index >= 15 is 0 Å². The molecular formula is C23H26F3N3O6S. The van der Waals surface area contributed by atoms with Gasteiger partial charge in [0.05, 0.1) is 34.9 Å². The van der Waals surface area contributed by atoms with Crippen LogP contribution in [0.2, 0.25) is 0 Å². The first-order valence-electron chi connectivity index (χ1n) is 11.4. The number of rotatable bonds is 6. The van der Waals surface area contributed by atoms with Gasteiger partial charge in [-0.3, -0.25) is 10.0 Å². The van der Waals surface area contributed by atoms with E-state index in [-0.39, 0.29) is 35.4 Å². The van der Waals surface area contributed by atoms with Crippen LogP contribution in [0.4, 0.5) is 18.9 Å². The van der Waals surface area contributed by atoms with Crippen molar-refractivity contribution in [3.05, 3.63) is 53.6 Å². The molecule has 36 heavy (non-hydrogen) atoms. The molecular weight excluding hydrogens is 503 g/mol. The molecule has 0 atom stereocenters. The summed E-state index contributed by atoms with van der Waals surface area (Å²) in [6.45, 7) is 1.95. The van der Waals surface area contributed by atoms with E-state index in [2.05, 4.69) is 0 Å². The average molecular weight is 530 g/mol. The zero-order chi connectivity index (χ0) is 25.9. The van der Waals surface area contributed by atoms with E-state index in [1.807, 2.05) is 4.90 Å². The van der Waals surface area contributed by atoms with Gasteiger partial charge in [0.15, 0.2) is 0 Å². The van der Waals surface area contributed by atoms with Gasteiger partial charge in [0, 0.05) is 26.2 Å². The number of piperidine rings is 1. The number of halogens is 3. The summed E-state index contributed by atoms with van der Waals surface area (Å²) >= 11 is 0. The van der Waals surface area contributed by atoms with Crippen molar-refractivity contribution in [3.63, 3.8) is 0 Å². The largest absolute Gasteiger partial charge is 0.490 e. The van der Waals surface area contributed by atoms with Crippen LogP contribution in [0.25, 0.3) is 0 Å². The summed E-state index contributed by atoms with van der Waals surface area (Å²) in [4.78, 5) is 14.2. The molecule has 2 saturated heterocycles. The third-order valence-electron chi connectivity index (χ3n) is 6.19. The van der Waals surface area contributed by atoms with Gasteiger partial charge < -0.3 is 14.4 Å². The Morgan fingerprint density at radius 3 is 2.25 bits per heavy atom. The minimum Gasteiger partial charge on any atom is -0.490 e. The number of nitrogens with zero attached hydrogens (tertiary/aromatic N) is 2. The van der Waals surface area contributed by atoms with Crippen LogP contribution in [0.15, 0.2) is 47.4 Å². The summed E-state index contributed by atoms with van der Waals surface area (Å²) < 4.78 is 77.7. The molecule has 2 aromatic carbocycles. The molecule has 0 unspecified atom stereocenters. The highest BCUT2D eigenvalue weighted by Gasteiger charge is 2.35. The first-order valence-corrected chi connectivity index (χ1v) is 12.8. The van der Waals surface area contributed by atoms with Crippen molar-refractivity contribution in [2.24, 2.45) is 0 Å². The summed E-state index contributed by atoms with van der Waals surface area (Å²) in [5.41, 5.74) is 1.01. The molecule has 2 aliphatic heterocycles. The summed E-state index contributed by atoms with van der Waals surface area (Å²) in [7, 11) is -4.10. The number of carbonyl (C=O) groups excluding carboxylic acids is 1. The molecule has 196 valence electrons. The van der Waals surface area contributed by atoms with Crippen LogP contribution in [0, 0.1) is 0 Å². The molecule has 0 radical (unpaired) electrons. The van der Waals surface area contributed by atoms with Crippen molar-refractivity contribution in [1.29, 1.82) is 0 Å². The quantitative estimate of drug-likeness (QED) is 0.438. The molecule has 0 bridgehead atoms. The fourth-order valence-electron chi connectivity index (χ4n) is 4.33. The lowest BCUT2D eigenvalue weighted by molar-refractivity contribution is -0.137. The van der Waals surface area contributed by atoms with Gasteiger partial charge in [-0.2, -0.15) is 17.5 Å². The maximum absolute atomic E-state index is 13.5. The Kier molecular flexibility index (Phi) is 7.73. The van der Waals surface area contributed by atoms with Gasteiger partial charge in [0.1, 0.15) is 11.9 Å². The maximum atomic E-state index is 13.5. The second kappa shape index (κ2) is 10.6. The molecule has 2 N–H and O–H groups in total. The first kappa shape index (κ1) is 26.2. The van der Waals surface area contributed by atoms with E-state index in [9.17, 15) is 31.6 Å². The number of ether oxygens (including phenoxy) is 2. The minimum atomic E-state index is -4.44. The number of sulfonamides is 1. The fraction of sp³-hybridized carbons (Fsp3) is 0.435. The van der Waals surface area contributed by atoms with Gasteiger partial charge in [-0.1, -0.05) is 6.07 Å². The lowest BCUT2D eigenvalue weighted by Gasteiger charge is -2.33. The van der Waals surface area contributed by atoms with E-state index in [0.717, 1.165) is 12.1 Å². The van der Waals surface area contributed by atoms with Crippen LogP contribution in [-0.4, -0.2) is 69.3 Å². The normalized spacial score (nSPS) is 18.2.